The van der Waals surface area contributed by atoms with E-state index >= 15 is 0 Å². The van der Waals surface area contributed by atoms with Crippen molar-refractivity contribution in [2.24, 2.45) is 9.98 Å². The molecular formula is C50H31N5. The predicted octanol–water partition coefficient (Wildman–Crippen LogP) is 11.6. The molecule has 256 valence electrons. The van der Waals surface area contributed by atoms with Crippen LogP contribution in [-0.4, -0.2) is 9.97 Å². The van der Waals surface area contributed by atoms with Gasteiger partial charge in [-0.2, -0.15) is 0 Å². The first-order valence-corrected chi connectivity index (χ1v) is 18.5. The normalized spacial score (nSPS) is 11.9. The average molecular weight is 702 g/mol. The molecule has 0 aliphatic carbocycles. The van der Waals surface area contributed by atoms with E-state index < -0.39 is 0 Å². The van der Waals surface area contributed by atoms with Crippen LogP contribution < -0.4 is 15.6 Å². The Morgan fingerprint density at radius 2 is 1.02 bits per heavy atom. The minimum atomic E-state index is 0.631. The fourth-order valence-electron chi connectivity index (χ4n) is 8.18. The highest BCUT2D eigenvalue weighted by Crippen LogP contribution is 2.54. The molecule has 0 saturated heterocycles. The molecule has 9 aromatic rings. The second-order valence-electron chi connectivity index (χ2n) is 13.8. The molecule has 1 aromatic heterocycles. The second-order valence-corrected chi connectivity index (χ2v) is 13.8. The van der Waals surface area contributed by atoms with E-state index in [0.29, 0.717) is 5.82 Å². The number of hydrogen-bond donors (Lipinski definition) is 0. The summed E-state index contributed by atoms with van der Waals surface area (Å²) in [5.74, 6) is 0.631. The van der Waals surface area contributed by atoms with Crippen molar-refractivity contribution in [3.05, 3.63) is 209 Å². The number of rotatable bonds is 6. The van der Waals surface area contributed by atoms with Crippen molar-refractivity contribution in [1.29, 1.82) is 0 Å². The maximum Gasteiger partial charge on any atom is 0.161 e. The van der Waals surface area contributed by atoms with Gasteiger partial charge in [-0.3, -0.25) is 0 Å². The summed E-state index contributed by atoms with van der Waals surface area (Å²) in [4.78, 5) is 24.0. The second kappa shape index (κ2) is 12.6. The highest BCUT2D eigenvalue weighted by atomic mass is 15.1. The van der Waals surface area contributed by atoms with Gasteiger partial charge in [0.25, 0.3) is 0 Å². The summed E-state index contributed by atoms with van der Waals surface area (Å²) in [5.41, 5.74) is 12.6. The summed E-state index contributed by atoms with van der Waals surface area (Å²) >= 11 is 0. The molecular weight excluding hydrogens is 671 g/mol. The lowest BCUT2D eigenvalue weighted by atomic mass is 9.87. The molecule has 0 amide bonds. The lowest BCUT2D eigenvalue weighted by molar-refractivity contribution is 1.22. The predicted molar refractivity (Wildman–Crippen MR) is 222 cm³/mol. The van der Waals surface area contributed by atoms with Gasteiger partial charge in [-0.25, -0.2) is 20.0 Å². The van der Waals surface area contributed by atoms with Gasteiger partial charge in [-0.05, 0) is 60.2 Å². The summed E-state index contributed by atoms with van der Waals surface area (Å²) in [7, 11) is 0. The van der Waals surface area contributed by atoms with Gasteiger partial charge in [0.1, 0.15) is 0 Å². The number of nitrogens with zero attached hydrogens (tertiary/aromatic N) is 5. The summed E-state index contributed by atoms with van der Waals surface area (Å²) < 4.78 is 0. The Balaban J connectivity index is 1.33. The SMILES string of the molecule is c1ccc(-c2c(N(c3ccccc3)c3ccccc3)cc3c(c2-c2nc(-c4ccccc4)c4ccccc4n2)-c2c4c(ccc2=N3)=c2ccccc2=N4)cc1. The molecule has 5 nitrogen and oxygen atoms in total. The Kier molecular flexibility index (Phi) is 7.10. The molecule has 11 rings (SSSR count). The van der Waals surface area contributed by atoms with Gasteiger partial charge in [0.2, 0.25) is 0 Å². The van der Waals surface area contributed by atoms with Gasteiger partial charge in [0.15, 0.2) is 5.82 Å². The Morgan fingerprint density at radius 1 is 0.400 bits per heavy atom. The number of benzene rings is 8. The van der Waals surface area contributed by atoms with Crippen LogP contribution in [0, 0.1) is 10.4 Å². The van der Waals surface area contributed by atoms with Crippen LogP contribution in [0.4, 0.5) is 28.4 Å². The van der Waals surface area contributed by atoms with Crippen LogP contribution >= 0.6 is 0 Å². The van der Waals surface area contributed by atoms with Crippen LogP contribution in [0.3, 0.4) is 0 Å². The first-order valence-electron chi connectivity index (χ1n) is 18.5. The van der Waals surface area contributed by atoms with E-state index in [1.54, 1.807) is 0 Å². The Hall–Kier alpha value is -7.50. The fraction of sp³-hybridized carbons (Fsp3) is 0. The molecule has 0 bridgehead atoms. The minimum absolute atomic E-state index is 0.631. The van der Waals surface area contributed by atoms with Gasteiger partial charge < -0.3 is 4.90 Å². The van der Waals surface area contributed by atoms with Gasteiger partial charge in [0.05, 0.1) is 39.0 Å². The Labute approximate surface area is 317 Å². The van der Waals surface area contributed by atoms with Gasteiger partial charge in [0, 0.05) is 55.0 Å². The minimum Gasteiger partial charge on any atom is -0.310 e. The molecule has 5 heteroatoms. The molecule has 0 fully saturated rings. The van der Waals surface area contributed by atoms with Crippen molar-refractivity contribution in [3.63, 3.8) is 0 Å². The van der Waals surface area contributed by atoms with E-state index in [0.717, 1.165) is 99.6 Å². The van der Waals surface area contributed by atoms with Crippen LogP contribution in [0.5, 0.6) is 0 Å². The van der Waals surface area contributed by atoms with Crippen LogP contribution in [0.2, 0.25) is 0 Å². The van der Waals surface area contributed by atoms with Crippen molar-refractivity contribution < 1.29 is 0 Å². The van der Waals surface area contributed by atoms with Crippen LogP contribution in [-0.2, 0) is 0 Å². The monoisotopic (exact) mass is 701 g/mol. The third kappa shape index (κ3) is 5.02. The molecule has 0 spiro atoms. The zero-order valence-electron chi connectivity index (χ0n) is 29.6. The number of hydrogen-bond acceptors (Lipinski definition) is 5. The molecule has 0 unspecified atom stereocenters. The molecule has 55 heavy (non-hydrogen) atoms. The summed E-state index contributed by atoms with van der Waals surface area (Å²) in [6.07, 6.45) is 0. The quantitative estimate of drug-likeness (QED) is 0.173. The smallest absolute Gasteiger partial charge is 0.161 e. The van der Waals surface area contributed by atoms with Gasteiger partial charge in [-0.1, -0.05) is 133 Å². The first-order chi connectivity index (χ1) is 27.3. The topological polar surface area (TPSA) is 53.7 Å². The van der Waals surface area contributed by atoms with Crippen molar-refractivity contribution >= 4 is 39.3 Å². The largest absolute Gasteiger partial charge is 0.310 e. The van der Waals surface area contributed by atoms with Crippen molar-refractivity contribution in [1.82, 2.24) is 9.97 Å². The van der Waals surface area contributed by atoms with Crippen molar-refractivity contribution in [2.45, 2.75) is 0 Å². The summed E-state index contributed by atoms with van der Waals surface area (Å²) in [5, 5.41) is 5.08. The van der Waals surface area contributed by atoms with Crippen LogP contribution in [0.1, 0.15) is 0 Å². The zero-order chi connectivity index (χ0) is 36.3. The zero-order valence-corrected chi connectivity index (χ0v) is 29.6. The highest BCUT2D eigenvalue weighted by Gasteiger charge is 2.32. The lowest BCUT2D eigenvalue weighted by Crippen LogP contribution is -2.12. The summed E-state index contributed by atoms with van der Waals surface area (Å²) in [6, 6.07) is 65.4. The van der Waals surface area contributed by atoms with E-state index in [4.69, 9.17) is 20.0 Å². The van der Waals surface area contributed by atoms with E-state index in [1.165, 1.54) is 0 Å². The maximum atomic E-state index is 5.56. The number of fused-ring (bicyclic) bond motifs is 7. The van der Waals surface area contributed by atoms with E-state index in [9.17, 15) is 0 Å². The van der Waals surface area contributed by atoms with Crippen LogP contribution in [0.25, 0.3) is 55.8 Å². The van der Waals surface area contributed by atoms with E-state index in [2.05, 4.69) is 175 Å². The van der Waals surface area contributed by atoms with Crippen molar-refractivity contribution in [3.8, 4) is 44.9 Å². The van der Waals surface area contributed by atoms with Crippen molar-refractivity contribution in [2.75, 3.05) is 4.90 Å². The van der Waals surface area contributed by atoms with E-state index in [-0.39, 0.29) is 0 Å². The Morgan fingerprint density at radius 3 is 1.75 bits per heavy atom. The van der Waals surface area contributed by atoms with E-state index in [1.807, 2.05) is 18.2 Å². The number of aromatic nitrogens is 2. The summed E-state index contributed by atoms with van der Waals surface area (Å²) in [6.45, 7) is 0. The van der Waals surface area contributed by atoms with Gasteiger partial charge in [-0.15, -0.1) is 0 Å². The molecule has 8 aromatic carbocycles. The highest BCUT2D eigenvalue weighted by molar-refractivity contribution is 6.09. The first kappa shape index (κ1) is 31.1. The number of anilines is 3. The molecule has 0 saturated carbocycles. The molecule has 2 aliphatic rings. The fourth-order valence-corrected chi connectivity index (χ4v) is 8.18. The molecule has 0 radical (unpaired) electrons. The molecule has 0 atom stereocenters. The Bertz CT molecular complexity index is 3150. The molecule has 3 heterocycles. The molecule has 0 N–H and O–H groups in total. The van der Waals surface area contributed by atoms with Gasteiger partial charge >= 0.3 is 0 Å². The lowest BCUT2D eigenvalue weighted by Gasteiger charge is -2.30. The molecule has 2 aliphatic heterocycles. The maximum absolute atomic E-state index is 5.56. The van der Waals surface area contributed by atoms with Crippen LogP contribution in [0.15, 0.2) is 198 Å². The number of para-hydroxylation sites is 4. The standard InChI is InChI=1S/C50H31N5/c1-5-17-32(18-6-1)44-43(55(34-21-9-3-10-22-34)35-23-11-4-12-24-35)31-42-45(46-41(51-42)30-29-37-36-25-13-15-27-39(36)52-49(37)46)47(44)50-53-40-28-16-14-26-38(40)48(54-50)33-19-7-2-8-20-33/h1-31H. The third-order valence-corrected chi connectivity index (χ3v) is 10.6. The third-order valence-electron chi connectivity index (χ3n) is 10.6. The average Bonchev–Trinajstić information content (AvgIpc) is 3.82.